The van der Waals surface area contributed by atoms with Gasteiger partial charge in [-0.25, -0.2) is 14.8 Å². The average molecular weight is 168 g/mol. The highest BCUT2D eigenvalue weighted by Crippen LogP contribution is 1.93. The summed E-state index contributed by atoms with van der Waals surface area (Å²) in [7, 11) is 0. The number of aromatic carboxylic acids is 1. The van der Waals surface area contributed by atoms with Crippen molar-refractivity contribution in [2.24, 2.45) is 0 Å². The van der Waals surface area contributed by atoms with Crippen molar-refractivity contribution >= 4 is 23.6 Å². The van der Waals surface area contributed by atoms with Gasteiger partial charge in [0.1, 0.15) is 0 Å². The molecule has 0 aromatic carbocycles. The monoisotopic (exact) mass is 168 g/mol. The molecule has 0 radical (unpaired) electrons. The van der Waals surface area contributed by atoms with E-state index in [0.717, 1.165) is 0 Å². The maximum Gasteiger partial charge on any atom is 0.338 e. The number of thiocarbonyl (C=S) groups is 1. The summed E-state index contributed by atoms with van der Waals surface area (Å²) in [5.41, 5.74) is 0.0607. The Morgan fingerprint density at radius 3 is 2.45 bits per heavy atom. The van der Waals surface area contributed by atoms with E-state index in [1.165, 1.54) is 17.8 Å². The number of nitrogens with zero attached hydrogens (tertiary/aromatic N) is 2. The third-order valence-corrected chi connectivity index (χ3v) is 1.23. The highest BCUT2D eigenvalue weighted by atomic mass is 32.1. The van der Waals surface area contributed by atoms with Gasteiger partial charge in [-0.2, -0.15) is 0 Å². The summed E-state index contributed by atoms with van der Waals surface area (Å²) in [6.45, 7) is 0. The molecule has 11 heavy (non-hydrogen) atoms. The first-order chi connectivity index (χ1) is 5.24. The molecule has 0 atom stereocenters. The summed E-state index contributed by atoms with van der Waals surface area (Å²) in [6.07, 6.45) is 2.43. The molecule has 1 heterocycles. The SMILES string of the molecule is O=C(O)c1cnc(C=S)nc1. The number of hydrogen-bond acceptors (Lipinski definition) is 4. The van der Waals surface area contributed by atoms with Crippen LogP contribution in [0.1, 0.15) is 16.2 Å². The molecule has 1 N–H and O–H groups in total. The highest BCUT2D eigenvalue weighted by Gasteiger charge is 2.01. The highest BCUT2D eigenvalue weighted by molar-refractivity contribution is 7.79. The fraction of sp³-hybridized carbons (Fsp3) is 0. The van der Waals surface area contributed by atoms with Crippen LogP contribution in [-0.4, -0.2) is 26.4 Å². The topological polar surface area (TPSA) is 63.1 Å². The third-order valence-electron chi connectivity index (χ3n) is 1.02. The predicted molar refractivity (Wildman–Crippen MR) is 41.7 cm³/mol. The van der Waals surface area contributed by atoms with E-state index in [1.54, 1.807) is 0 Å². The molecular weight excluding hydrogens is 164 g/mol. The van der Waals surface area contributed by atoms with Crippen LogP contribution in [0.2, 0.25) is 0 Å². The number of carbonyl (C=O) groups is 1. The molecule has 1 aromatic rings. The Morgan fingerprint density at radius 1 is 1.55 bits per heavy atom. The maximum atomic E-state index is 10.3. The van der Waals surface area contributed by atoms with Gasteiger partial charge in [0.15, 0.2) is 5.82 Å². The molecule has 0 spiro atoms. The summed E-state index contributed by atoms with van der Waals surface area (Å²) in [4.78, 5) is 17.6. The summed E-state index contributed by atoms with van der Waals surface area (Å²) in [5, 5.41) is 9.72. The number of carboxylic acids is 1. The van der Waals surface area contributed by atoms with Crippen molar-refractivity contribution in [1.82, 2.24) is 9.97 Å². The first kappa shape index (κ1) is 7.74. The molecule has 0 aliphatic heterocycles. The minimum atomic E-state index is -1.04. The van der Waals surface area contributed by atoms with E-state index in [-0.39, 0.29) is 5.56 Å². The summed E-state index contributed by atoms with van der Waals surface area (Å²) >= 11 is 4.53. The van der Waals surface area contributed by atoms with Crippen molar-refractivity contribution in [3.8, 4) is 0 Å². The fourth-order valence-electron chi connectivity index (χ4n) is 0.509. The van der Waals surface area contributed by atoms with E-state index >= 15 is 0 Å². The predicted octanol–water partition coefficient (Wildman–Crippen LogP) is 0.523. The zero-order valence-corrected chi connectivity index (χ0v) is 6.21. The number of hydrogen-bond donors (Lipinski definition) is 1. The van der Waals surface area contributed by atoms with Crippen LogP contribution in [0.5, 0.6) is 0 Å². The largest absolute Gasteiger partial charge is 0.478 e. The minimum Gasteiger partial charge on any atom is -0.478 e. The Balaban J connectivity index is 3.00. The summed E-state index contributed by atoms with van der Waals surface area (Å²) < 4.78 is 0. The van der Waals surface area contributed by atoms with Crippen LogP contribution in [0, 0.1) is 0 Å². The van der Waals surface area contributed by atoms with Gasteiger partial charge in [0, 0.05) is 17.8 Å². The molecule has 5 heteroatoms. The van der Waals surface area contributed by atoms with Gasteiger partial charge in [0.05, 0.1) is 5.56 Å². The van der Waals surface area contributed by atoms with E-state index in [1.807, 2.05) is 0 Å². The molecule has 0 bridgehead atoms. The molecule has 0 amide bonds. The second kappa shape index (κ2) is 3.16. The van der Waals surface area contributed by atoms with Crippen LogP contribution < -0.4 is 0 Å². The first-order valence-electron chi connectivity index (χ1n) is 2.74. The van der Waals surface area contributed by atoms with Gasteiger partial charge in [-0.15, -0.1) is 0 Å². The second-order valence-electron chi connectivity index (χ2n) is 1.75. The third kappa shape index (κ3) is 1.78. The van der Waals surface area contributed by atoms with E-state index in [9.17, 15) is 4.79 Å². The number of aromatic nitrogens is 2. The van der Waals surface area contributed by atoms with Crippen LogP contribution in [0.4, 0.5) is 0 Å². The molecule has 1 aromatic heterocycles. The molecule has 0 saturated heterocycles. The fourth-order valence-corrected chi connectivity index (χ4v) is 0.631. The molecular formula is C6H4N2O2S. The van der Waals surface area contributed by atoms with Gasteiger partial charge in [-0.3, -0.25) is 0 Å². The Morgan fingerprint density at radius 2 is 2.09 bits per heavy atom. The van der Waals surface area contributed by atoms with E-state index in [2.05, 4.69) is 22.2 Å². The van der Waals surface area contributed by atoms with Gasteiger partial charge in [0.25, 0.3) is 0 Å². The van der Waals surface area contributed by atoms with Crippen LogP contribution in [0.15, 0.2) is 12.4 Å². The van der Waals surface area contributed by atoms with Crippen LogP contribution in [0.3, 0.4) is 0 Å². The average Bonchev–Trinajstić information content (AvgIpc) is 2.05. The van der Waals surface area contributed by atoms with Gasteiger partial charge < -0.3 is 5.11 Å². The van der Waals surface area contributed by atoms with Crippen molar-refractivity contribution in [2.45, 2.75) is 0 Å². The van der Waals surface area contributed by atoms with E-state index in [0.29, 0.717) is 5.82 Å². The van der Waals surface area contributed by atoms with Gasteiger partial charge in [-0.05, 0) is 0 Å². The molecule has 0 saturated carbocycles. The van der Waals surface area contributed by atoms with Crippen molar-refractivity contribution < 1.29 is 9.90 Å². The van der Waals surface area contributed by atoms with Gasteiger partial charge in [0.2, 0.25) is 0 Å². The normalized spacial score (nSPS) is 9.09. The minimum absolute atomic E-state index is 0.0607. The summed E-state index contributed by atoms with van der Waals surface area (Å²) in [5.74, 6) is -0.689. The zero-order chi connectivity index (χ0) is 8.27. The second-order valence-corrected chi connectivity index (χ2v) is 1.99. The molecule has 1 rings (SSSR count). The van der Waals surface area contributed by atoms with Crippen LogP contribution >= 0.6 is 12.2 Å². The molecule has 0 aliphatic carbocycles. The standard InChI is InChI=1S/C6H4N2O2S/c9-6(10)4-1-7-5(3-11)8-2-4/h1-3H,(H,9,10). The molecule has 0 fully saturated rings. The zero-order valence-electron chi connectivity index (χ0n) is 5.39. The van der Waals surface area contributed by atoms with Crippen molar-refractivity contribution in [3.05, 3.63) is 23.8 Å². The Bertz CT molecular complexity index is 283. The van der Waals surface area contributed by atoms with Crippen molar-refractivity contribution in [1.29, 1.82) is 0 Å². The first-order valence-corrected chi connectivity index (χ1v) is 3.21. The molecule has 56 valence electrons. The lowest BCUT2D eigenvalue weighted by Gasteiger charge is -1.91. The number of carboxylic acid groups (broad SMARTS) is 1. The van der Waals surface area contributed by atoms with Crippen molar-refractivity contribution in [2.75, 3.05) is 0 Å². The molecule has 0 aliphatic rings. The molecule has 0 unspecified atom stereocenters. The summed E-state index contributed by atoms with van der Waals surface area (Å²) in [6, 6.07) is 0. The Hall–Kier alpha value is -1.36. The van der Waals surface area contributed by atoms with E-state index < -0.39 is 5.97 Å². The van der Waals surface area contributed by atoms with Crippen LogP contribution in [-0.2, 0) is 0 Å². The Labute approximate surface area is 67.9 Å². The molecule has 4 nitrogen and oxygen atoms in total. The smallest absolute Gasteiger partial charge is 0.338 e. The van der Waals surface area contributed by atoms with Gasteiger partial charge >= 0.3 is 5.97 Å². The van der Waals surface area contributed by atoms with Gasteiger partial charge in [-0.1, -0.05) is 12.2 Å². The lowest BCUT2D eigenvalue weighted by molar-refractivity contribution is 0.0696. The van der Waals surface area contributed by atoms with Crippen molar-refractivity contribution in [3.63, 3.8) is 0 Å². The quantitative estimate of drug-likeness (QED) is 0.652. The maximum absolute atomic E-state index is 10.3. The number of rotatable bonds is 2. The van der Waals surface area contributed by atoms with E-state index in [4.69, 9.17) is 5.11 Å². The Kier molecular flexibility index (Phi) is 2.22. The lowest BCUT2D eigenvalue weighted by Crippen LogP contribution is -2.00. The lowest BCUT2D eigenvalue weighted by atomic mass is 10.3. The van der Waals surface area contributed by atoms with Crippen LogP contribution in [0.25, 0.3) is 0 Å².